The van der Waals surface area contributed by atoms with Gasteiger partial charge in [0.15, 0.2) is 0 Å². The Morgan fingerprint density at radius 1 is 1.12 bits per heavy atom. The monoisotopic (exact) mass is 214 g/mol. The summed E-state index contributed by atoms with van der Waals surface area (Å²) >= 11 is 0. The fraction of sp³-hybridized carbons (Fsp3) is 0.214. The molecule has 0 unspecified atom stereocenters. The Bertz CT molecular complexity index is 529. The molecule has 0 aliphatic heterocycles. The summed E-state index contributed by atoms with van der Waals surface area (Å²) in [5.41, 5.74) is 2.22. The van der Waals surface area contributed by atoms with Crippen LogP contribution >= 0.6 is 0 Å². The number of hydrogen-bond donors (Lipinski definition) is 0. The van der Waals surface area contributed by atoms with E-state index in [4.69, 9.17) is 0 Å². The molecule has 0 aliphatic rings. The van der Waals surface area contributed by atoms with E-state index in [1.165, 1.54) is 23.4 Å². The second-order valence-corrected chi connectivity index (χ2v) is 3.94. The third kappa shape index (κ3) is 2.22. The van der Waals surface area contributed by atoms with E-state index in [2.05, 4.69) is 29.9 Å². The maximum absolute atomic E-state index is 11.2. The lowest BCUT2D eigenvalue weighted by Crippen LogP contribution is -2.04. The molecule has 0 amide bonds. The van der Waals surface area contributed by atoms with E-state index in [1.807, 2.05) is 18.2 Å². The van der Waals surface area contributed by atoms with Crippen LogP contribution in [-0.2, 0) is 16.0 Å². The summed E-state index contributed by atoms with van der Waals surface area (Å²) in [6.45, 7) is 2.06. The quantitative estimate of drug-likeness (QED) is 0.718. The summed E-state index contributed by atoms with van der Waals surface area (Å²) < 4.78 is 4.65. The van der Waals surface area contributed by atoms with Gasteiger partial charge in [-0.05, 0) is 23.3 Å². The first-order valence-corrected chi connectivity index (χ1v) is 5.25. The Morgan fingerprint density at radius 3 is 2.62 bits per heavy atom. The summed E-state index contributed by atoms with van der Waals surface area (Å²) in [7, 11) is 1.41. The molecule has 2 nitrogen and oxygen atoms in total. The highest BCUT2D eigenvalue weighted by molar-refractivity contribution is 5.85. The minimum atomic E-state index is -0.202. The summed E-state index contributed by atoms with van der Waals surface area (Å²) in [5, 5.41) is 2.36. The third-order valence-corrected chi connectivity index (χ3v) is 2.64. The van der Waals surface area contributed by atoms with Gasteiger partial charge in [0.05, 0.1) is 13.5 Å². The Kier molecular flexibility index (Phi) is 2.91. The van der Waals surface area contributed by atoms with Gasteiger partial charge < -0.3 is 4.74 Å². The van der Waals surface area contributed by atoms with E-state index in [1.54, 1.807) is 0 Å². The minimum absolute atomic E-state index is 0.202. The molecule has 0 bridgehead atoms. The maximum Gasteiger partial charge on any atom is 0.309 e. The fourth-order valence-electron chi connectivity index (χ4n) is 1.76. The number of hydrogen-bond acceptors (Lipinski definition) is 2. The summed E-state index contributed by atoms with van der Waals surface area (Å²) in [6, 6.07) is 12.3. The van der Waals surface area contributed by atoms with Crippen LogP contribution in [0.3, 0.4) is 0 Å². The molecule has 0 saturated carbocycles. The van der Waals surface area contributed by atoms with Gasteiger partial charge >= 0.3 is 5.97 Å². The lowest BCUT2D eigenvalue weighted by Gasteiger charge is -2.03. The Balaban J connectivity index is 2.39. The average Bonchev–Trinajstić information content (AvgIpc) is 2.28. The largest absolute Gasteiger partial charge is 0.469 e. The number of methoxy groups -OCH3 is 1. The molecule has 0 aliphatic carbocycles. The van der Waals surface area contributed by atoms with E-state index in [-0.39, 0.29) is 5.97 Å². The molecule has 0 spiro atoms. The maximum atomic E-state index is 11.2. The SMILES string of the molecule is COC(=O)Cc1ccc2ccc(C)cc2c1. The summed E-state index contributed by atoms with van der Waals surface area (Å²) in [5.74, 6) is -0.202. The van der Waals surface area contributed by atoms with Crippen molar-refractivity contribution in [2.75, 3.05) is 7.11 Å². The zero-order valence-electron chi connectivity index (χ0n) is 9.49. The number of ether oxygens (including phenoxy) is 1. The van der Waals surface area contributed by atoms with E-state index >= 15 is 0 Å². The average molecular weight is 214 g/mol. The standard InChI is InChI=1S/C14H14O2/c1-10-3-5-12-6-4-11(8-13(12)7-10)9-14(15)16-2/h3-8H,9H2,1-2H3. The molecular formula is C14H14O2. The van der Waals surface area contributed by atoms with Gasteiger partial charge in [-0.15, -0.1) is 0 Å². The van der Waals surface area contributed by atoms with Crippen molar-refractivity contribution in [1.29, 1.82) is 0 Å². The molecule has 2 heteroatoms. The molecule has 2 aromatic rings. The molecule has 0 aromatic heterocycles. The molecular weight excluding hydrogens is 200 g/mol. The Hall–Kier alpha value is -1.83. The van der Waals surface area contributed by atoms with Crippen molar-refractivity contribution in [3.8, 4) is 0 Å². The molecule has 0 N–H and O–H groups in total. The first-order chi connectivity index (χ1) is 7.69. The van der Waals surface area contributed by atoms with Crippen LogP contribution in [-0.4, -0.2) is 13.1 Å². The number of carbonyl (C=O) groups excluding carboxylic acids is 1. The van der Waals surface area contributed by atoms with Crippen LogP contribution in [0.25, 0.3) is 10.8 Å². The second-order valence-electron chi connectivity index (χ2n) is 3.94. The molecule has 2 aromatic carbocycles. The van der Waals surface area contributed by atoms with Gasteiger partial charge in [-0.1, -0.05) is 42.0 Å². The number of carbonyl (C=O) groups is 1. The van der Waals surface area contributed by atoms with E-state index < -0.39 is 0 Å². The van der Waals surface area contributed by atoms with E-state index in [0.29, 0.717) is 6.42 Å². The van der Waals surface area contributed by atoms with Crippen LogP contribution in [0, 0.1) is 6.92 Å². The van der Waals surface area contributed by atoms with Crippen molar-refractivity contribution in [2.45, 2.75) is 13.3 Å². The van der Waals surface area contributed by atoms with Gasteiger partial charge in [0.25, 0.3) is 0 Å². The van der Waals surface area contributed by atoms with Gasteiger partial charge in [-0.2, -0.15) is 0 Å². The molecule has 0 fully saturated rings. The van der Waals surface area contributed by atoms with Gasteiger partial charge in [-0.3, -0.25) is 4.79 Å². The van der Waals surface area contributed by atoms with Gasteiger partial charge in [0, 0.05) is 0 Å². The summed E-state index contributed by atoms with van der Waals surface area (Å²) in [4.78, 5) is 11.2. The lowest BCUT2D eigenvalue weighted by atomic mass is 10.0. The normalized spacial score (nSPS) is 10.4. The predicted molar refractivity (Wildman–Crippen MR) is 64.4 cm³/mol. The zero-order chi connectivity index (χ0) is 11.5. The van der Waals surface area contributed by atoms with Crippen molar-refractivity contribution < 1.29 is 9.53 Å². The third-order valence-electron chi connectivity index (χ3n) is 2.64. The highest BCUT2D eigenvalue weighted by Crippen LogP contribution is 2.18. The van der Waals surface area contributed by atoms with Gasteiger partial charge in [0.1, 0.15) is 0 Å². The van der Waals surface area contributed by atoms with Gasteiger partial charge in [-0.25, -0.2) is 0 Å². The highest BCUT2D eigenvalue weighted by Gasteiger charge is 2.03. The smallest absolute Gasteiger partial charge is 0.309 e. The van der Waals surface area contributed by atoms with Crippen LogP contribution < -0.4 is 0 Å². The number of esters is 1. The van der Waals surface area contributed by atoms with Crippen molar-refractivity contribution in [3.05, 3.63) is 47.5 Å². The van der Waals surface area contributed by atoms with Crippen LogP contribution in [0.4, 0.5) is 0 Å². The molecule has 0 atom stereocenters. The fourth-order valence-corrected chi connectivity index (χ4v) is 1.76. The lowest BCUT2D eigenvalue weighted by molar-refractivity contribution is -0.139. The van der Waals surface area contributed by atoms with Crippen molar-refractivity contribution in [3.63, 3.8) is 0 Å². The summed E-state index contributed by atoms with van der Waals surface area (Å²) in [6.07, 6.45) is 0.334. The second kappa shape index (κ2) is 4.35. The molecule has 16 heavy (non-hydrogen) atoms. The van der Waals surface area contributed by atoms with Crippen LogP contribution in [0.5, 0.6) is 0 Å². The van der Waals surface area contributed by atoms with Crippen molar-refractivity contribution >= 4 is 16.7 Å². The number of fused-ring (bicyclic) bond motifs is 1. The molecule has 82 valence electrons. The molecule has 0 heterocycles. The van der Waals surface area contributed by atoms with Crippen molar-refractivity contribution in [1.82, 2.24) is 0 Å². The van der Waals surface area contributed by atoms with Crippen LogP contribution in [0.15, 0.2) is 36.4 Å². The Labute approximate surface area is 94.8 Å². The predicted octanol–water partition coefficient (Wildman–Crippen LogP) is 2.86. The van der Waals surface area contributed by atoms with Crippen LogP contribution in [0.2, 0.25) is 0 Å². The first-order valence-electron chi connectivity index (χ1n) is 5.25. The highest BCUT2D eigenvalue weighted by atomic mass is 16.5. The van der Waals surface area contributed by atoms with E-state index in [9.17, 15) is 4.79 Å². The molecule has 0 radical (unpaired) electrons. The minimum Gasteiger partial charge on any atom is -0.469 e. The topological polar surface area (TPSA) is 26.3 Å². The van der Waals surface area contributed by atoms with Crippen molar-refractivity contribution in [2.24, 2.45) is 0 Å². The van der Waals surface area contributed by atoms with Crippen LogP contribution in [0.1, 0.15) is 11.1 Å². The molecule has 2 rings (SSSR count). The zero-order valence-corrected chi connectivity index (χ0v) is 9.49. The number of aryl methyl sites for hydroxylation is 1. The number of rotatable bonds is 2. The Morgan fingerprint density at radius 2 is 1.88 bits per heavy atom. The number of benzene rings is 2. The van der Waals surface area contributed by atoms with E-state index in [0.717, 1.165) is 5.56 Å². The first kappa shape index (κ1) is 10.7. The molecule has 0 saturated heterocycles. The van der Waals surface area contributed by atoms with Gasteiger partial charge in [0.2, 0.25) is 0 Å².